The first-order chi connectivity index (χ1) is 10.6. The second-order valence-corrected chi connectivity index (χ2v) is 5.79. The van der Waals surface area contributed by atoms with Crippen molar-refractivity contribution in [1.29, 1.82) is 0 Å². The number of hydrogen-bond donors (Lipinski definition) is 1. The van der Waals surface area contributed by atoms with Crippen LogP contribution in [0.3, 0.4) is 0 Å². The molecule has 0 bridgehead atoms. The topological polar surface area (TPSA) is 79.7 Å². The molecule has 0 aromatic carbocycles. The lowest BCUT2D eigenvalue weighted by Crippen LogP contribution is -2.50. The maximum absolute atomic E-state index is 12.4. The second kappa shape index (κ2) is 7.35. The molecule has 0 aliphatic carbocycles. The summed E-state index contributed by atoms with van der Waals surface area (Å²) in [5, 5.41) is 9.60. The van der Waals surface area contributed by atoms with Crippen molar-refractivity contribution in [2.24, 2.45) is 5.41 Å². The van der Waals surface area contributed by atoms with Crippen LogP contribution in [0.2, 0.25) is 0 Å². The maximum atomic E-state index is 12.4. The molecule has 1 saturated heterocycles. The summed E-state index contributed by atoms with van der Waals surface area (Å²) < 4.78 is 5.04. The van der Waals surface area contributed by atoms with E-state index < -0.39 is 11.4 Å². The summed E-state index contributed by atoms with van der Waals surface area (Å²) in [5.41, 5.74) is -0.0466. The van der Waals surface area contributed by atoms with Crippen LogP contribution in [-0.4, -0.2) is 53.7 Å². The summed E-state index contributed by atoms with van der Waals surface area (Å²) in [6, 6.07) is 3.64. The number of aromatic nitrogens is 1. The van der Waals surface area contributed by atoms with Gasteiger partial charge >= 0.3 is 5.97 Å². The minimum Gasteiger partial charge on any atom is -0.481 e. The van der Waals surface area contributed by atoms with Crippen LogP contribution in [0, 0.1) is 5.41 Å². The van der Waals surface area contributed by atoms with Gasteiger partial charge in [-0.05, 0) is 30.9 Å². The number of likely N-dealkylation sites (tertiary alicyclic amines) is 1. The van der Waals surface area contributed by atoms with E-state index in [0.29, 0.717) is 32.4 Å². The number of piperidine rings is 1. The van der Waals surface area contributed by atoms with Crippen molar-refractivity contribution in [3.8, 4) is 0 Å². The average Bonchev–Trinajstić information content (AvgIpc) is 2.54. The molecule has 1 amide bonds. The second-order valence-electron chi connectivity index (χ2n) is 5.79. The fourth-order valence-corrected chi connectivity index (χ4v) is 2.92. The lowest BCUT2D eigenvalue weighted by atomic mass is 9.77. The van der Waals surface area contributed by atoms with Gasteiger partial charge in [0, 0.05) is 39.2 Å². The zero-order chi connectivity index (χ0) is 16.0. The molecule has 1 aliphatic rings. The van der Waals surface area contributed by atoms with E-state index in [0.717, 1.165) is 5.56 Å². The van der Waals surface area contributed by atoms with Gasteiger partial charge in [0.25, 0.3) is 0 Å². The van der Waals surface area contributed by atoms with Crippen LogP contribution in [0.4, 0.5) is 0 Å². The van der Waals surface area contributed by atoms with Gasteiger partial charge in [-0.2, -0.15) is 0 Å². The molecule has 6 nitrogen and oxygen atoms in total. The molecule has 22 heavy (non-hydrogen) atoms. The number of carboxylic acid groups (broad SMARTS) is 1. The van der Waals surface area contributed by atoms with Crippen molar-refractivity contribution in [2.75, 3.05) is 26.8 Å². The van der Waals surface area contributed by atoms with Gasteiger partial charge in [-0.1, -0.05) is 6.07 Å². The summed E-state index contributed by atoms with van der Waals surface area (Å²) in [5.74, 6) is -0.890. The number of aliphatic carboxylic acids is 1. The Bertz CT molecular complexity index is 520. The summed E-state index contributed by atoms with van der Waals surface area (Å²) in [6.45, 7) is 1.25. The van der Waals surface area contributed by atoms with Crippen molar-refractivity contribution in [3.63, 3.8) is 0 Å². The lowest BCUT2D eigenvalue weighted by Gasteiger charge is -2.40. The van der Waals surface area contributed by atoms with Crippen LogP contribution in [-0.2, 0) is 20.7 Å². The Morgan fingerprint density at radius 1 is 1.50 bits per heavy atom. The maximum Gasteiger partial charge on any atom is 0.311 e. The number of amides is 1. The molecule has 1 aromatic rings. The molecule has 1 N–H and O–H groups in total. The molecule has 1 aliphatic heterocycles. The van der Waals surface area contributed by atoms with Crippen LogP contribution in [0.15, 0.2) is 24.5 Å². The summed E-state index contributed by atoms with van der Waals surface area (Å²) in [6.07, 6.45) is 5.30. The number of carboxylic acids is 1. The first kappa shape index (κ1) is 16.4. The highest BCUT2D eigenvalue weighted by Gasteiger charge is 2.43. The summed E-state index contributed by atoms with van der Waals surface area (Å²) in [4.78, 5) is 29.8. The lowest BCUT2D eigenvalue weighted by molar-refractivity contribution is -0.156. The SMILES string of the molecule is COCCC1(C(=O)O)CCCN(C(=O)Cc2cccnc2)C1. The predicted molar refractivity (Wildman–Crippen MR) is 80.3 cm³/mol. The fourth-order valence-electron chi connectivity index (χ4n) is 2.92. The Balaban J connectivity index is 2.05. The van der Waals surface area contributed by atoms with Gasteiger partial charge in [-0.3, -0.25) is 14.6 Å². The van der Waals surface area contributed by atoms with Crippen LogP contribution < -0.4 is 0 Å². The highest BCUT2D eigenvalue weighted by molar-refractivity contribution is 5.81. The number of pyridine rings is 1. The van der Waals surface area contributed by atoms with E-state index in [2.05, 4.69) is 4.98 Å². The van der Waals surface area contributed by atoms with Crippen molar-refractivity contribution in [3.05, 3.63) is 30.1 Å². The van der Waals surface area contributed by atoms with Crippen molar-refractivity contribution in [2.45, 2.75) is 25.7 Å². The number of hydrogen-bond acceptors (Lipinski definition) is 4. The molecule has 0 saturated carbocycles. The Morgan fingerprint density at radius 2 is 2.32 bits per heavy atom. The standard InChI is InChI=1S/C16H22N2O4/c1-22-9-6-16(15(20)21)5-3-8-18(12-16)14(19)10-13-4-2-7-17-11-13/h2,4,7,11H,3,5-6,8-10,12H2,1H3,(H,20,21). The van der Waals surface area contributed by atoms with Crippen LogP contribution in [0.25, 0.3) is 0 Å². The van der Waals surface area contributed by atoms with Crippen molar-refractivity contribution >= 4 is 11.9 Å². The number of carbonyl (C=O) groups is 2. The molecule has 6 heteroatoms. The van der Waals surface area contributed by atoms with Crippen molar-refractivity contribution < 1.29 is 19.4 Å². The number of nitrogens with zero attached hydrogens (tertiary/aromatic N) is 2. The Morgan fingerprint density at radius 3 is 2.95 bits per heavy atom. The highest BCUT2D eigenvalue weighted by atomic mass is 16.5. The van der Waals surface area contributed by atoms with E-state index in [9.17, 15) is 14.7 Å². The van der Waals surface area contributed by atoms with Gasteiger partial charge in [0.15, 0.2) is 0 Å². The molecule has 2 heterocycles. The molecule has 2 rings (SSSR count). The average molecular weight is 306 g/mol. The minimum absolute atomic E-state index is 0.0456. The van der Waals surface area contributed by atoms with Gasteiger partial charge in [0.05, 0.1) is 11.8 Å². The van der Waals surface area contributed by atoms with Gasteiger partial charge in [-0.15, -0.1) is 0 Å². The third-order valence-electron chi connectivity index (χ3n) is 4.25. The summed E-state index contributed by atoms with van der Waals surface area (Å²) in [7, 11) is 1.56. The number of ether oxygens (including phenoxy) is 1. The zero-order valence-corrected chi connectivity index (χ0v) is 12.8. The van der Waals surface area contributed by atoms with Gasteiger partial charge in [0.2, 0.25) is 5.91 Å². The molecule has 1 fully saturated rings. The predicted octanol–water partition coefficient (Wildman–Crippen LogP) is 1.35. The first-order valence-electron chi connectivity index (χ1n) is 7.46. The van der Waals surface area contributed by atoms with Gasteiger partial charge in [0.1, 0.15) is 0 Å². The summed E-state index contributed by atoms with van der Waals surface area (Å²) >= 11 is 0. The molecule has 120 valence electrons. The fraction of sp³-hybridized carbons (Fsp3) is 0.562. The molecule has 0 radical (unpaired) electrons. The monoisotopic (exact) mass is 306 g/mol. The third kappa shape index (κ3) is 3.82. The molecule has 1 atom stereocenters. The number of methoxy groups -OCH3 is 1. The number of rotatable bonds is 6. The van der Waals surface area contributed by atoms with E-state index >= 15 is 0 Å². The zero-order valence-electron chi connectivity index (χ0n) is 12.8. The van der Waals surface area contributed by atoms with Gasteiger partial charge < -0.3 is 14.7 Å². The van der Waals surface area contributed by atoms with E-state index in [1.807, 2.05) is 6.07 Å². The van der Waals surface area contributed by atoms with E-state index in [1.54, 1.807) is 30.5 Å². The Hall–Kier alpha value is -1.95. The molecule has 1 aromatic heterocycles. The van der Waals surface area contributed by atoms with E-state index in [4.69, 9.17) is 4.74 Å². The molecular formula is C16H22N2O4. The van der Waals surface area contributed by atoms with E-state index in [1.165, 1.54) is 0 Å². The van der Waals surface area contributed by atoms with Gasteiger partial charge in [-0.25, -0.2) is 0 Å². The quantitative estimate of drug-likeness (QED) is 0.858. The minimum atomic E-state index is -0.890. The number of carbonyl (C=O) groups excluding carboxylic acids is 1. The Kier molecular flexibility index (Phi) is 5.49. The molecule has 1 unspecified atom stereocenters. The third-order valence-corrected chi connectivity index (χ3v) is 4.25. The van der Waals surface area contributed by atoms with Crippen LogP contribution in [0.1, 0.15) is 24.8 Å². The smallest absolute Gasteiger partial charge is 0.311 e. The molecule has 0 spiro atoms. The largest absolute Gasteiger partial charge is 0.481 e. The highest BCUT2D eigenvalue weighted by Crippen LogP contribution is 2.34. The normalized spacial score (nSPS) is 21.6. The Labute approximate surface area is 130 Å². The van der Waals surface area contributed by atoms with Crippen molar-refractivity contribution in [1.82, 2.24) is 9.88 Å². The van der Waals surface area contributed by atoms with Crippen LogP contribution >= 0.6 is 0 Å². The van der Waals surface area contributed by atoms with E-state index in [-0.39, 0.29) is 18.9 Å². The molecular weight excluding hydrogens is 284 g/mol. The van der Waals surface area contributed by atoms with Crippen LogP contribution in [0.5, 0.6) is 0 Å². The first-order valence-corrected chi connectivity index (χ1v) is 7.46.